The van der Waals surface area contributed by atoms with Gasteiger partial charge in [-0.2, -0.15) is 11.8 Å². The van der Waals surface area contributed by atoms with Crippen molar-refractivity contribution in [1.29, 1.82) is 0 Å². The molecule has 1 aromatic rings. The number of rotatable bonds is 5. The number of benzene rings is 1. The van der Waals surface area contributed by atoms with Crippen molar-refractivity contribution in [3.8, 4) is 0 Å². The zero-order valence-electron chi connectivity index (χ0n) is 10.9. The molecule has 0 aliphatic carbocycles. The summed E-state index contributed by atoms with van der Waals surface area (Å²) in [5, 5.41) is 8.90. The van der Waals surface area contributed by atoms with Crippen LogP contribution in [0.2, 0.25) is 0 Å². The molecule has 1 aromatic carbocycles. The lowest BCUT2D eigenvalue weighted by molar-refractivity contribution is 0.0696. The number of carboxylic acids is 1. The lowest BCUT2D eigenvalue weighted by Crippen LogP contribution is -2.38. The highest BCUT2D eigenvalue weighted by molar-refractivity contribution is 7.99. The minimum absolute atomic E-state index is 0.00362. The molecule has 2 N–H and O–H groups in total. The summed E-state index contributed by atoms with van der Waals surface area (Å²) in [6.45, 7) is 0. The van der Waals surface area contributed by atoms with Gasteiger partial charge in [-0.25, -0.2) is 17.9 Å². The fourth-order valence-corrected chi connectivity index (χ4v) is 4.68. The van der Waals surface area contributed by atoms with Crippen molar-refractivity contribution < 1.29 is 18.3 Å². The van der Waals surface area contributed by atoms with Crippen LogP contribution in [-0.4, -0.2) is 37.0 Å². The van der Waals surface area contributed by atoms with Crippen molar-refractivity contribution in [3.05, 3.63) is 35.4 Å². The van der Waals surface area contributed by atoms with E-state index in [1.807, 2.05) is 11.8 Å². The number of aromatic carboxylic acids is 1. The standard InChI is InChI=1S/C13H17NO4S2/c15-13(16)11-3-1-2-10(8-11)9-20(17,18)14-12-4-6-19-7-5-12/h1-3,8,12,14H,4-7,9H2,(H,15,16). The van der Waals surface area contributed by atoms with E-state index in [1.165, 1.54) is 12.1 Å². The molecular weight excluding hydrogens is 298 g/mol. The summed E-state index contributed by atoms with van der Waals surface area (Å²) in [4.78, 5) is 10.9. The highest BCUT2D eigenvalue weighted by atomic mass is 32.2. The molecule has 0 saturated carbocycles. The second-order valence-corrected chi connectivity index (χ2v) is 7.75. The lowest BCUT2D eigenvalue weighted by atomic mass is 10.1. The van der Waals surface area contributed by atoms with Gasteiger partial charge in [0.1, 0.15) is 0 Å². The fraction of sp³-hybridized carbons (Fsp3) is 0.462. The van der Waals surface area contributed by atoms with Crippen LogP contribution >= 0.6 is 11.8 Å². The van der Waals surface area contributed by atoms with E-state index >= 15 is 0 Å². The van der Waals surface area contributed by atoms with Gasteiger partial charge in [0.2, 0.25) is 10.0 Å². The van der Waals surface area contributed by atoms with Crippen LogP contribution in [0, 0.1) is 0 Å². The summed E-state index contributed by atoms with van der Waals surface area (Å²) in [5.41, 5.74) is 0.592. The minimum atomic E-state index is -3.43. The summed E-state index contributed by atoms with van der Waals surface area (Å²) in [6.07, 6.45) is 1.69. The van der Waals surface area contributed by atoms with Gasteiger partial charge in [-0.15, -0.1) is 0 Å². The molecule has 0 amide bonds. The van der Waals surface area contributed by atoms with Gasteiger partial charge in [0.05, 0.1) is 11.3 Å². The second-order valence-electron chi connectivity index (χ2n) is 4.77. The Bertz CT molecular complexity index is 580. The van der Waals surface area contributed by atoms with Gasteiger partial charge in [-0.1, -0.05) is 12.1 Å². The Hall–Kier alpha value is -1.05. The van der Waals surface area contributed by atoms with E-state index in [2.05, 4.69) is 4.72 Å². The maximum absolute atomic E-state index is 12.1. The molecule has 0 atom stereocenters. The van der Waals surface area contributed by atoms with Gasteiger partial charge in [-0.3, -0.25) is 0 Å². The molecule has 1 heterocycles. The normalized spacial score (nSPS) is 17.0. The average molecular weight is 315 g/mol. The zero-order chi connectivity index (χ0) is 14.6. The molecule has 5 nitrogen and oxygen atoms in total. The van der Waals surface area contributed by atoms with E-state index in [0.29, 0.717) is 5.56 Å². The molecule has 2 rings (SSSR count). The van der Waals surface area contributed by atoms with Gasteiger partial charge in [0.15, 0.2) is 0 Å². The van der Waals surface area contributed by atoms with Crippen LogP contribution in [0.1, 0.15) is 28.8 Å². The van der Waals surface area contributed by atoms with E-state index in [1.54, 1.807) is 12.1 Å². The van der Waals surface area contributed by atoms with Crippen molar-refractivity contribution in [2.45, 2.75) is 24.6 Å². The Morgan fingerprint density at radius 3 is 2.70 bits per heavy atom. The van der Waals surface area contributed by atoms with Gasteiger partial charge in [0.25, 0.3) is 0 Å². The smallest absolute Gasteiger partial charge is 0.335 e. The Balaban J connectivity index is 2.03. The number of thioether (sulfide) groups is 1. The van der Waals surface area contributed by atoms with Crippen molar-refractivity contribution in [2.24, 2.45) is 0 Å². The quantitative estimate of drug-likeness (QED) is 0.864. The van der Waals surface area contributed by atoms with E-state index in [9.17, 15) is 13.2 Å². The first-order chi connectivity index (χ1) is 9.46. The molecule has 1 aliphatic rings. The molecule has 0 radical (unpaired) electrons. The number of carbonyl (C=O) groups is 1. The third-order valence-corrected chi connectivity index (χ3v) is 5.55. The molecule has 1 fully saturated rings. The van der Waals surface area contributed by atoms with E-state index < -0.39 is 16.0 Å². The van der Waals surface area contributed by atoms with Crippen LogP contribution in [0.5, 0.6) is 0 Å². The van der Waals surface area contributed by atoms with Gasteiger partial charge < -0.3 is 5.11 Å². The number of carboxylic acid groups (broad SMARTS) is 1. The molecule has 110 valence electrons. The summed E-state index contributed by atoms with van der Waals surface area (Å²) in [6, 6.07) is 6.04. The molecular formula is C13H17NO4S2. The SMILES string of the molecule is O=C(O)c1cccc(CS(=O)(=O)NC2CCSCC2)c1. The van der Waals surface area contributed by atoms with Crippen molar-refractivity contribution in [3.63, 3.8) is 0 Å². The van der Waals surface area contributed by atoms with Gasteiger partial charge >= 0.3 is 5.97 Å². The van der Waals surface area contributed by atoms with Crippen LogP contribution in [-0.2, 0) is 15.8 Å². The molecule has 7 heteroatoms. The van der Waals surface area contributed by atoms with Crippen molar-refractivity contribution in [2.75, 3.05) is 11.5 Å². The molecule has 0 aromatic heterocycles. The number of hydrogen-bond acceptors (Lipinski definition) is 4. The zero-order valence-corrected chi connectivity index (χ0v) is 12.5. The largest absolute Gasteiger partial charge is 0.478 e. The first-order valence-electron chi connectivity index (χ1n) is 6.36. The Morgan fingerprint density at radius 1 is 1.35 bits per heavy atom. The van der Waals surface area contributed by atoms with E-state index in [-0.39, 0.29) is 17.4 Å². The highest BCUT2D eigenvalue weighted by Gasteiger charge is 2.20. The first kappa shape index (κ1) is 15.3. The third kappa shape index (κ3) is 4.50. The molecule has 0 bridgehead atoms. The maximum atomic E-state index is 12.1. The summed E-state index contributed by atoms with van der Waals surface area (Å²) in [7, 11) is -3.43. The fourth-order valence-electron chi connectivity index (χ4n) is 2.12. The van der Waals surface area contributed by atoms with Crippen LogP contribution in [0.4, 0.5) is 0 Å². The van der Waals surface area contributed by atoms with Crippen LogP contribution in [0.25, 0.3) is 0 Å². The maximum Gasteiger partial charge on any atom is 0.335 e. The molecule has 1 aliphatic heterocycles. The van der Waals surface area contributed by atoms with Crippen LogP contribution in [0.15, 0.2) is 24.3 Å². The molecule has 0 unspecified atom stereocenters. The van der Waals surface area contributed by atoms with E-state index in [4.69, 9.17) is 5.11 Å². The van der Waals surface area contributed by atoms with Crippen LogP contribution in [0.3, 0.4) is 0 Å². The third-order valence-electron chi connectivity index (χ3n) is 3.10. The van der Waals surface area contributed by atoms with E-state index in [0.717, 1.165) is 24.3 Å². The molecule has 0 spiro atoms. The van der Waals surface area contributed by atoms with Crippen molar-refractivity contribution >= 4 is 27.8 Å². The minimum Gasteiger partial charge on any atom is -0.478 e. The predicted molar refractivity (Wildman–Crippen MR) is 79.5 cm³/mol. The van der Waals surface area contributed by atoms with Crippen LogP contribution < -0.4 is 4.72 Å². The number of nitrogens with one attached hydrogen (secondary N) is 1. The Morgan fingerprint density at radius 2 is 2.05 bits per heavy atom. The topological polar surface area (TPSA) is 83.5 Å². The monoisotopic (exact) mass is 315 g/mol. The summed E-state index contributed by atoms with van der Waals surface area (Å²) in [5.74, 6) is 0.711. The average Bonchev–Trinajstić information content (AvgIpc) is 2.39. The Kier molecular flexibility index (Phi) is 5.06. The number of sulfonamides is 1. The summed E-state index contributed by atoms with van der Waals surface area (Å²) >= 11 is 1.83. The Labute approximate surface area is 122 Å². The summed E-state index contributed by atoms with van der Waals surface area (Å²) < 4.78 is 26.9. The molecule has 20 heavy (non-hydrogen) atoms. The van der Waals surface area contributed by atoms with Gasteiger partial charge in [-0.05, 0) is 42.0 Å². The lowest BCUT2D eigenvalue weighted by Gasteiger charge is -2.22. The number of hydrogen-bond donors (Lipinski definition) is 2. The highest BCUT2D eigenvalue weighted by Crippen LogP contribution is 2.18. The second kappa shape index (κ2) is 6.60. The predicted octanol–water partition coefficient (Wildman–Crippen LogP) is 1.70. The van der Waals surface area contributed by atoms with Gasteiger partial charge in [0, 0.05) is 6.04 Å². The first-order valence-corrected chi connectivity index (χ1v) is 9.17. The van der Waals surface area contributed by atoms with Crippen molar-refractivity contribution in [1.82, 2.24) is 4.72 Å². The molecule has 1 saturated heterocycles.